The van der Waals surface area contributed by atoms with Gasteiger partial charge in [-0.15, -0.1) is 10.2 Å². The molecule has 0 bridgehead atoms. The maximum absolute atomic E-state index is 12.7. The molecule has 0 unspecified atom stereocenters. The fourth-order valence-electron chi connectivity index (χ4n) is 3.78. The Morgan fingerprint density at radius 1 is 1.13 bits per heavy atom. The van der Waals surface area contributed by atoms with Crippen molar-refractivity contribution >= 4 is 5.91 Å². The van der Waals surface area contributed by atoms with Crippen LogP contribution in [0.25, 0.3) is 5.69 Å². The van der Waals surface area contributed by atoms with E-state index in [4.69, 9.17) is 0 Å². The van der Waals surface area contributed by atoms with Gasteiger partial charge in [-0.05, 0) is 50.1 Å². The Bertz CT molecular complexity index is 674. The monoisotopic (exact) mass is 311 g/mol. The van der Waals surface area contributed by atoms with Crippen LogP contribution in [-0.2, 0) is 0 Å². The highest BCUT2D eigenvalue weighted by Crippen LogP contribution is 2.36. The van der Waals surface area contributed by atoms with Gasteiger partial charge in [0.25, 0.3) is 5.91 Å². The van der Waals surface area contributed by atoms with E-state index in [-0.39, 0.29) is 5.91 Å². The van der Waals surface area contributed by atoms with E-state index in [1.807, 2.05) is 33.7 Å². The number of rotatable bonds is 2. The van der Waals surface area contributed by atoms with Crippen molar-refractivity contribution in [1.29, 1.82) is 0 Å². The van der Waals surface area contributed by atoms with E-state index in [0.717, 1.165) is 43.9 Å². The predicted octanol–water partition coefficient (Wildman–Crippen LogP) is 1.48. The van der Waals surface area contributed by atoms with Crippen LogP contribution in [0.5, 0.6) is 0 Å². The third kappa shape index (κ3) is 2.74. The van der Waals surface area contributed by atoms with E-state index >= 15 is 0 Å². The molecule has 1 amide bonds. The Morgan fingerprint density at radius 3 is 2.61 bits per heavy atom. The van der Waals surface area contributed by atoms with Crippen molar-refractivity contribution in [3.63, 3.8) is 0 Å². The van der Waals surface area contributed by atoms with Crippen LogP contribution in [0, 0.1) is 5.41 Å². The maximum Gasteiger partial charge on any atom is 0.253 e. The van der Waals surface area contributed by atoms with Gasteiger partial charge in [-0.3, -0.25) is 9.36 Å². The Balaban J connectivity index is 1.47. The zero-order valence-electron chi connectivity index (χ0n) is 13.1. The van der Waals surface area contributed by atoms with Crippen molar-refractivity contribution in [3.05, 3.63) is 42.5 Å². The number of carbonyl (C=O) groups excluding carboxylic acids is 1. The number of nitrogens with one attached hydrogen (secondary N) is 1. The summed E-state index contributed by atoms with van der Waals surface area (Å²) in [6.07, 6.45) is 6.87. The summed E-state index contributed by atoms with van der Waals surface area (Å²) < 4.78 is 1.83. The van der Waals surface area contributed by atoms with Gasteiger partial charge in [0.15, 0.2) is 0 Å². The molecule has 0 radical (unpaired) electrons. The minimum Gasteiger partial charge on any atom is -0.338 e. The largest absolute Gasteiger partial charge is 0.338 e. The van der Waals surface area contributed by atoms with Crippen molar-refractivity contribution in [2.24, 2.45) is 5.41 Å². The van der Waals surface area contributed by atoms with Gasteiger partial charge in [0.2, 0.25) is 0 Å². The van der Waals surface area contributed by atoms with Gasteiger partial charge in [-0.25, -0.2) is 0 Å². The first-order valence-electron chi connectivity index (χ1n) is 8.21. The molecule has 1 N–H and O–H groups in total. The fraction of sp³-hybridized carbons (Fsp3) is 0.471. The molecule has 3 heterocycles. The lowest BCUT2D eigenvalue weighted by Gasteiger charge is -2.33. The molecule has 6 heteroatoms. The summed E-state index contributed by atoms with van der Waals surface area (Å²) in [4.78, 5) is 14.8. The van der Waals surface area contributed by atoms with Crippen LogP contribution in [0.3, 0.4) is 0 Å². The fourth-order valence-corrected chi connectivity index (χ4v) is 3.78. The van der Waals surface area contributed by atoms with E-state index < -0.39 is 0 Å². The molecule has 2 aromatic rings. The van der Waals surface area contributed by atoms with Crippen LogP contribution in [0.2, 0.25) is 0 Å². The molecule has 23 heavy (non-hydrogen) atoms. The average molecular weight is 311 g/mol. The summed E-state index contributed by atoms with van der Waals surface area (Å²) in [5, 5.41) is 11.1. The van der Waals surface area contributed by atoms with Gasteiger partial charge in [-0.1, -0.05) is 0 Å². The van der Waals surface area contributed by atoms with Crippen molar-refractivity contribution in [2.45, 2.75) is 19.3 Å². The number of hydrogen-bond acceptors (Lipinski definition) is 4. The SMILES string of the molecule is O=C(c1ccc(-n2cnnc2)cc1)N1CC[C@]2(CCCNC2)C1. The number of nitrogens with zero attached hydrogens (tertiary/aromatic N) is 4. The summed E-state index contributed by atoms with van der Waals surface area (Å²) in [5.41, 5.74) is 2.01. The lowest BCUT2D eigenvalue weighted by molar-refractivity contribution is 0.0764. The highest BCUT2D eigenvalue weighted by atomic mass is 16.2. The minimum absolute atomic E-state index is 0.141. The van der Waals surface area contributed by atoms with Gasteiger partial charge in [-0.2, -0.15) is 0 Å². The smallest absolute Gasteiger partial charge is 0.253 e. The summed E-state index contributed by atoms with van der Waals surface area (Å²) in [6, 6.07) is 7.65. The number of hydrogen-bond donors (Lipinski definition) is 1. The van der Waals surface area contributed by atoms with Crippen molar-refractivity contribution in [1.82, 2.24) is 25.0 Å². The van der Waals surface area contributed by atoms with E-state index in [2.05, 4.69) is 15.5 Å². The van der Waals surface area contributed by atoms with Gasteiger partial charge in [0.05, 0.1) is 0 Å². The number of aromatic nitrogens is 3. The second-order valence-corrected chi connectivity index (χ2v) is 6.67. The molecule has 1 atom stereocenters. The van der Waals surface area contributed by atoms with Crippen molar-refractivity contribution in [2.75, 3.05) is 26.2 Å². The lowest BCUT2D eigenvalue weighted by atomic mass is 9.80. The minimum atomic E-state index is 0.141. The first-order chi connectivity index (χ1) is 11.3. The molecular weight excluding hydrogens is 290 g/mol. The Kier molecular flexibility index (Phi) is 3.61. The molecule has 2 aliphatic heterocycles. The van der Waals surface area contributed by atoms with Crippen LogP contribution in [-0.4, -0.2) is 51.8 Å². The van der Waals surface area contributed by atoms with E-state index in [9.17, 15) is 4.79 Å². The molecule has 4 rings (SSSR count). The molecule has 6 nitrogen and oxygen atoms in total. The Labute approximate surface area is 135 Å². The van der Waals surface area contributed by atoms with Crippen LogP contribution in [0.1, 0.15) is 29.6 Å². The number of carbonyl (C=O) groups is 1. The molecule has 1 aromatic heterocycles. The lowest BCUT2D eigenvalue weighted by Crippen LogP contribution is -2.42. The average Bonchev–Trinajstić information content (AvgIpc) is 3.26. The molecule has 2 aliphatic rings. The molecule has 0 saturated carbocycles. The predicted molar refractivity (Wildman–Crippen MR) is 86.4 cm³/mol. The highest BCUT2D eigenvalue weighted by molar-refractivity contribution is 5.94. The van der Waals surface area contributed by atoms with Gasteiger partial charge in [0, 0.05) is 36.3 Å². The normalized spacial score (nSPS) is 24.3. The summed E-state index contributed by atoms with van der Waals surface area (Å²) in [5.74, 6) is 0.141. The molecule has 120 valence electrons. The molecule has 0 aliphatic carbocycles. The first kappa shape index (κ1) is 14.4. The van der Waals surface area contributed by atoms with Gasteiger partial charge >= 0.3 is 0 Å². The maximum atomic E-state index is 12.7. The molecule has 1 spiro atoms. The summed E-state index contributed by atoms with van der Waals surface area (Å²) in [7, 11) is 0. The third-order valence-electron chi connectivity index (χ3n) is 5.12. The first-order valence-corrected chi connectivity index (χ1v) is 8.21. The second-order valence-electron chi connectivity index (χ2n) is 6.67. The quantitative estimate of drug-likeness (QED) is 0.912. The van der Waals surface area contributed by atoms with Crippen LogP contribution >= 0.6 is 0 Å². The second kappa shape index (κ2) is 5.77. The van der Waals surface area contributed by atoms with Crippen molar-refractivity contribution < 1.29 is 4.79 Å². The standard InChI is InChI=1S/C17H21N5O/c23-16(21-9-7-17(11-21)6-1-8-18-10-17)14-2-4-15(5-3-14)22-12-19-20-13-22/h2-5,12-13,18H,1,6-11H2/t17-/m0/s1. The molecular formula is C17H21N5O. The number of benzene rings is 1. The molecule has 2 fully saturated rings. The van der Waals surface area contributed by atoms with Gasteiger partial charge in [0.1, 0.15) is 12.7 Å². The van der Waals surface area contributed by atoms with Crippen LogP contribution in [0.4, 0.5) is 0 Å². The number of amides is 1. The summed E-state index contributed by atoms with van der Waals surface area (Å²) >= 11 is 0. The zero-order valence-corrected chi connectivity index (χ0v) is 13.1. The van der Waals surface area contributed by atoms with Crippen molar-refractivity contribution in [3.8, 4) is 5.69 Å². The number of piperidine rings is 1. The molecule has 2 saturated heterocycles. The highest BCUT2D eigenvalue weighted by Gasteiger charge is 2.40. The summed E-state index contributed by atoms with van der Waals surface area (Å²) in [6.45, 7) is 3.91. The Hall–Kier alpha value is -2.21. The third-order valence-corrected chi connectivity index (χ3v) is 5.12. The van der Waals surface area contributed by atoms with Crippen LogP contribution < -0.4 is 5.32 Å². The van der Waals surface area contributed by atoms with E-state index in [0.29, 0.717) is 5.41 Å². The van der Waals surface area contributed by atoms with E-state index in [1.165, 1.54) is 12.8 Å². The molecule has 1 aromatic carbocycles. The topological polar surface area (TPSA) is 63.1 Å². The van der Waals surface area contributed by atoms with E-state index in [1.54, 1.807) is 12.7 Å². The Morgan fingerprint density at radius 2 is 1.91 bits per heavy atom. The van der Waals surface area contributed by atoms with Gasteiger partial charge < -0.3 is 10.2 Å². The zero-order chi connectivity index (χ0) is 15.7. The van der Waals surface area contributed by atoms with Crippen LogP contribution in [0.15, 0.2) is 36.9 Å². The number of likely N-dealkylation sites (tertiary alicyclic amines) is 1.